The highest BCUT2D eigenvalue weighted by molar-refractivity contribution is 6.02. The van der Waals surface area contributed by atoms with E-state index in [9.17, 15) is 18.8 Å². The maximum atomic E-state index is 13.3. The van der Waals surface area contributed by atoms with E-state index in [1.165, 1.54) is 25.3 Å². The van der Waals surface area contributed by atoms with Crippen LogP contribution in [-0.4, -0.2) is 36.0 Å². The summed E-state index contributed by atoms with van der Waals surface area (Å²) >= 11 is 0. The van der Waals surface area contributed by atoms with E-state index in [0.717, 1.165) is 16.7 Å². The highest BCUT2D eigenvalue weighted by Gasteiger charge is 2.38. The van der Waals surface area contributed by atoms with E-state index in [0.29, 0.717) is 23.5 Å². The zero-order chi connectivity index (χ0) is 25.1. The van der Waals surface area contributed by atoms with Gasteiger partial charge in [0.05, 0.1) is 7.11 Å². The number of anilines is 2. The molecule has 2 N–H and O–H groups in total. The van der Waals surface area contributed by atoms with Gasteiger partial charge in [0.1, 0.15) is 11.9 Å². The molecule has 4 rings (SSSR count). The smallest absolute Gasteiger partial charge is 0.328 e. The van der Waals surface area contributed by atoms with Gasteiger partial charge in [-0.2, -0.15) is 0 Å². The lowest BCUT2D eigenvalue weighted by molar-refractivity contribution is -0.147. The molecule has 0 bridgehead atoms. The predicted molar refractivity (Wildman–Crippen MR) is 131 cm³/mol. The first kappa shape index (κ1) is 23.9. The van der Waals surface area contributed by atoms with Crippen molar-refractivity contribution in [2.45, 2.75) is 26.4 Å². The molecule has 1 aliphatic heterocycles. The van der Waals surface area contributed by atoms with Gasteiger partial charge >= 0.3 is 12.0 Å². The first-order valence-corrected chi connectivity index (χ1v) is 11.2. The molecule has 0 saturated carbocycles. The lowest BCUT2D eigenvalue weighted by atomic mass is 10.00. The number of fused-ring (bicyclic) bond motifs is 1. The summed E-state index contributed by atoms with van der Waals surface area (Å²) in [5, 5.41) is 5.28. The molecule has 3 aromatic rings. The van der Waals surface area contributed by atoms with Crippen LogP contribution >= 0.6 is 0 Å². The molecule has 3 aromatic carbocycles. The molecular formula is C27H26FN3O4. The average Bonchev–Trinajstić information content (AvgIpc) is 3.14. The van der Waals surface area contributed by atoms with Crippen molar-refractivity contribution in [1.29, 1.82) is 0 Å². The normalized spacial score (nSPS) is 13.4. The van der Waals surface area contributed by atoms with Crippen LogP contribution in [0.5, 0.6) is 0 Å². The lowest BCUT2D eigenvalue weighted by Crippen LogP contribution is -2.45. The topological polar surface area (TPSA) is 87.7 Å². The Kier molecular flexibility index (Phi) is 6.82. The second kappa shape index (κ2) is 9.97. The number of carbonyl (C=O) groups excluding carboxylic acids is 3. The predicted octanol–water partition coefficient (Wildman–Crippen LogP) is 5.29. The third kappa shape index (κ3) is 5.16. The Morgan fingerprint density at radius 2 is 1.63 bits per heavy atom. The molecule has 0 radical (unpaired) electrons. The van der Waals surface area contributed by atoms with Gasteiger partial charge in [-0.15, -0.1) is 0 Å². The number of nitrogens with one attached hydrogen (secondary N) is 2. The minimum Gasteiger partial charge on any atom is -0.467 e. The fraction of sp³-hybridized carbons (Fsp3) is 0.222. The summed E-state index contributed by atoms with van der Waals surface area (Å²) in [6.45, 7) is 4.13. The number of rotatable bonds is 6. The number of carbonyl (C=O) groups is 3. The Labute approximate surface area is 202 Å². The summed E-state index contributed by atoms with van der Waals surface area (Å²) in [5.41, 5.74) is 4.04. The van der Waals surface area contributed by atoms with Gasteiger partial charge in [-0.1, -0.05) is 44.2 Å². The Bertz CT molecular complexity index is 1270. The van der Waals surface area contributed by atoms with Crippen molar-refractivity contribution < 1.29 is 23.5 Å². The van der Waals surface area contributed by atoms with Crippen molar-refractivity contribution in [3.05, 3.63) is 83.7 Å². The second-order valence-electron chi connectivity index (χ2n) is 8.68. The Morgan fingerprint density at radius 1 is 0.943 bits per heavy atom. The molecule has 35 heavy (non-hydrogen) atoms. The summed E-state index contributed by atoms with van der Waals surface area (Å²) in [5.74, 6) is -1.14. The third-order valence-electron chi connectivity index (χ3n) is 5.91. The fourth-order valence-electron chi connectivity index (χ4n) is 4.21. The van der Waals surface area contributed by atoms with Gasteiger partial charge in [-0.25, -0.2) is 14.0 Å². The number of ether oxygens (including phenoxy) is 1. The summed E-state index contributed by atoms with van der Waals surface area (Å²) in [6.07, 6.45) is 0. The van der Waals surface area contributed by atoms with Crippen molar-refractivity contribution in [1.82, 2.24) is 4.90 Å². The van der Waals surface area contributed by atoms with Crippen LogP contribution in [0.1, 0.15) is 29.8 Å². The van der Waals surface area contributed by atoms with E-state index in [1.54, 1.807) is 23.1 Å². The molecule has 180 valence electrons. The van der Waals surface area contributed by atoms with Crippen LogP contribution in [0.25, 0.3) is 11.1 Å². The zero-order valence-electron chi connectivity index (χ0n) is 19.7. The van der Waals surface area contributed by atoms with E-state index >= 15 is 0 Å². The fourth-order valence-corrected chi connectivity index (χ4v) is 4.21. The van der Waals surface area contributed by atoms with Gasteiger partial charge in [0.2, 0.25) is 0 Å². The largest absolute Gasteiger partial charge is 0.467 e. The minimum absolute atomic E-state index is 0.0849. The molecule has 0 aliphatic carbocycles. The molecule has 1 aliphatic rings. The second-order valence-corrected chi connectivity index (χ2v) is 8.68. The monoisotopic (exact) mass is 475 g/mol. The lowest BCUT2D eigenvalue weighted by Gasteiger charge is -2.28. The summed E-state index contributed by atoms with van der Waals surface area (Å²) in [6, 6.07) is 17.3. The first-order chi connectivity index (χ1) is 16.8. The van der Waals surface area contributed by atoms with Gasteiger partial charge in [-0.3, -0.25) is 4.79 Å². The Morgan fingerprint density at radius 3 is 2.29 bits per heavy atom. The van der Waals surface area contributed by atoms with Crippen molar-refractivity contribution in [2.24, 2.45) is 5.92 Å². The van der Waals surface area contributed by atoms with Gasteiger partial charge in [-0.05, 0) is 59.0 Å². The van der Waals surface area contributed by atoms with E-state index in [4.69, 9.17) is 4.74 Å². The molecule has 1 atom stereocenters. The van der Waals surface area contributed by atoms with Gasteiger partial charge in [0.15, 0.2) is 0 Å². The van der Waals surface area contributed by atoms with Gasteiger partial charge in [0.25, 0.3) is 5.91 Å². The van der Waals surface area contributed by atoms with Gasteiger partial charge in [0, 0.05) is 23.5 Å². The molecular weight excluding hydrogens is 449 g/mol. The van der Waals surface area contributed by atoms with E-state index in [-0.39, 0.29) is 11.8 Å². The maximum absolute atomic E-state index is 13.3. The number of methoxy groups -OCH3 is 1. The standard InChI is InChI=1S/C27H26FN3O4/c1-16(2)24(26(33)35-3)31-15-19-8-7-18(13-23(19)25(31)32)17-9-11-21(12-10-17)29-27(34)30-22-6-4-5-20(28)14-22/h4-14,16,24H,15H2,1-3H3,(H2,29,30,34). The summed E-state index contributed by atoms with van der Waals surface area (Å²) < 4.78 is 18.2. The number of urea groups is 1. The maximum Gasteiger partial charge on any atom is 0.328 e. The quantitative estimate of drug-likeness (QED) is 0.474. The molecule has 7 nitrogen and oxygen atoms in total. The molecule has 1 unspecified atom stereocenters. The minimum atomic E-state index is -0.646. The number of nitrogens with zero attached hydrogens (tertiary/aromatic N) is 1. The number of hydrogen-bond donors (Lipinski definition) is 2. The summed E-state index contributed by atoms with van der Waals surface area (Å²) in [7, 11) is 1.33. The molecule has 1 heterocycles. The van der Waals surface area contributed by atoms with Crippen LogP contribution in [0.4, 0.5) is 20.6 Å². The molecule has 8 heteroatoms. The molecule has 0 saturated heterocycles. The van der Waals surface area contributed by atoms with Crippen LogP contribution in [-0.2, 0) is 16.1 Å². The van der Waals surface area contributed by atoms with E-state index < -0.39 is 23.9 Å². The highest BCUT2D eigenvalue weighted by atomic mass is 19.1. The molecule has 0 spiro atoms. The number of benzene rings is 3. The third-order valence-corrected chi connectivity index (χ3v) is 5.91. The van der Waals surface area contributed by atoms with Crippen molar-refractivity contribution in [3.8, 4) is 11.1 Å². The van der Waals surface area contributed by atoms with Crippen molar-refractivity contribution in [2.75, 3.05) is 17.7 Å². The number of halogens is 1. The number of amides is 3. The van der Waals surface area contributed by atoms with Crippen molar-refractivity contribution in [3.63, 3.8) is 0 Å². The zero-order valence-corrected chi connectivity index (χ0v) is 19.7. The first-order valence-electron chi connectivity index (χ1n) is 11.2. The highest BCUT2D eigenvalue weighted by Crippen LogP contribution is 2.32. The van der Waals surface area contributed by atoms with Crippen LogP contribution in [0.3, 0.4) is 0 Å². The van der Waals surface area contributed by atoms with Crippen LogP contribution in [0.2, 0.25) is 0 Å². The average molecular weight is 476 g/mol. The van der Waals surface area contributed by atoms with Crippen LogP contribution < -0.4 is 10.6 Å². The SMILES string of the molecule is COC(=O)C(C(C)C)N1Cc2ccc(-c3ccc(NC(=O)Nc4cccc(F)c4)cc3)cc2C1=O. The number of esters is 1. The van der Waals surface area contributed by atoms with Gasteiger partial charge < -0.3 is 20.3 Å². The van der Waals surface area contributed by atoms with Crippen molar-refractivity contribution >= 4 is 29.3 Å². The Hall–Kier alpha value is -4.20. The molecule has 3 amide bonds. The number of hydrogen-bond acceptors (Lipinski definition) is 4. The Balaban J connectivity index is 1.47. The summed E-state index contributed by atoms with van der Waals surface area (Å²) in [4.78, 5) is 39.2. The van der Waals surface area contributed by atoms with Crippen LogP contribution in [0.15, 0.2) is 66.7 Å². The van der Waals surface area contributed by atoms with E-state index in [1.807, 2.05) is 44.2 Å². The van der Waals surface area contributed by atoms with E-state index in [2.05, 4.69) is 10.6 Å². The van der Waals surface area contributed by atoms with Crippen LogP contribution in [0, 0.1) is 11.7 Å². The molecule has 0 fully saturated rings. The molecule has 0 aromatic heterocycles.